The molecule has 4 rings (SSSR count). The molecule has 26 heavy (non-hydrogen) atoms. The number of piperazine rings is 1. The second-order valence-corrected chi connectivity index (χ2v) is 6.38. The van der Waals surface area contributed by atoms with Gasteiger partial charge < -0.3 is 15.1 Å². The van der Waals surface area contributed by atoms with Crippen molar-refractivity contribution in [2.75, 3.05) is 36.4 Å². The Morgan fingerprint density at radius 3 is 2.69 bits per heavy atom. The summed E-state index contributed by atoms with van der Waals surface area (Å²) in [4.78, 5) is 16.9. The first-order chi connectivity index (χ1) is 12.8. The molecular weight excluding hydrogens is 328 g/mol. The highest BCUT2D eigenvalue weighted by molar-refractivity contribution is 5.98. The number of benzene rings is 2. The number of para-hydroxylation sites is 2. The number of carbonyl (C=O) groups is 1. The summed E-state index contributed by atoms with van der Waals surface area (Å²) in [6, 6.07) is 14.0. The Bertz CT molecular complexity index is 913. The topological polar surface area (TPSA) is 77.1 Å². The SMILES string of the molecule is CCc1ccccc1N1CCN(C(=O)Nc2cccc3n[nH]nc23)CC1. The minimum absolute atomic E-state index is 0.0936. The van der Waals surface area contributed by atoms with Gasteiger partial charge >= 0.3 is 6.03 Å². The second kappa shape index (κ2) is 7.03. The van der Waals surface area contributed by atoms with Gasteiger partial charge in [-0.2, -0.15) is 15.4 Å². The fraction of sp³-hybridized carbons (Fsp3) is 0.316. The summed E-state index contributed by atoms with van der Waals surface area (Å²) in [7, 11) is 0. The highest BCUT2D eigenvalue weighted by atomic mass is 16.2. The lowest BCUT2D eigenvalue weighted by molar-refractivity contribution is 0.208. The number of hydrogen-bond donors (Lipinski definition) is 2. The van der Waals surface area contributed by atoms with E-state index in [4.69, 9.17) is 0 Å². The number of H-pyrrole nitrogens is 1. The molecule has 0 bridgehead atoms. The van der Waals surface area contributed by atoms with E-state index in [1.165, 1.54) is 11.3 Å². The lowest BCUT2D eigenvalue weighted by Crippen LogP contribution is -2.50. The van der Waals surface area contributed by atoms with Gasteiger partial charge in [-0.25, -0.2) is 4.79 Å². The molecule has 7 nitrogen and oxygen atoms in total. The van der Waals surface area contributed by atoms with Gasteiger partial charge in [-0.3, -0.25) is 0 Å². The molecule has 0 aliphatic carbocycles. The first kappa shape index (κ1) is 16.4. The second-order valence-electron chi connectivity index (χ2n) is 6.38. The largest absolute Gasteiger partial charge is 0.368 e. The summed E-state index contributed by atoms with van der Waals surface area (Å²) in [5.41, 5.74) is 4.73. The van der Waals surface area contributed by atoms with E-state index in [2.05, 4.69) is 56.8 Å². The van der Waals surface area contributed by atoms with Crippen molar-refractivity contribution in [1.29, 1.82) is 0 Å². The van der Waals surface area contributed by atoms with Gasteiger partial charge in [0.2, 0.25) is 0 Å². The summed E-state index contributed by atoms with van der Waals surface area (Å²) in [5, 5.41) is 13.7. The molecule has 0 atom stereocenters. The monoisotopic (exact) mass is 350 g/mol. The third-order valence-corrected chi connectivity index (χ3v) is 4.87. The van der Waals surface area contributed by atoms with Gasteiger partial charge in [-0.15, -0.1) is 0 Å². The maximum absolute atomic E-state index is 12.6. The van der Waals surface area contributed by atoms with Crippen LogP contribution in [0.2, 0.25) is 0 Å². The van der Waals surface area contributed by atoms with Crippen LogP contribution in [0, 0.1) is 0 Å². The average Bonchev–Trinajstić information content (AvgIpc) is 3.18. The fourth-order valence-electron chi connectivity index (χ4n) is 3.43. The molecule has 1 aliphatic heterocycles. The number of nitrogens with one attached hydrogen (secondary N) is 2. The van der Waals surface area contributed by atoms with Gasteiger partial charge in [0.25, 0.3) is 0 Å². The molecule has 134 valence electrons. The van der Waals surface area contributed by atoms with E-state index in [0.29, 0.717) is 24.3 Å². The first-order valence-corrected chi connectivity index (χ1v) is 8.94. The van der Waals surface area contributed by atoms with Crippen molar-refractivity contribution in [2.24, 2.45) is 0 Å². The van der Waals surface area contributed by atoms with Gasteiger partial charge in [-0.05, 0) is 30.2 Å². The summed E-state index contributed by atoms with van der Waals surface area (Å²) in [6.07, 6.45) is 1.01. The van der Waals surface area contributed by atoms with Crippen molar-refractivity contribution in [3.8, 4) is 0 Å². The normalized spacial score (nSPS) is 14.7. The molecular formula is C19H22N6O. The Balaban J connectivity index is 1.41. The van der Waals surface area contributed by atoms with Crippen molar-refractivity contribution in [3.05, 3.63) is 48.0 Å². The molecule has 1 saturated heterocycles. The Morgan fingerprint density at radius 2 is 1.88 bits per heavy atom. The smallest absolute Gasteiger partial charge is 0.322 e. The summed E-state index contributed by atoms with van der Waals surface area (Å²) in [5.74, 6) is 0. The number of rotatable bonds is 3. The Morgan fingerprint density at radius 1 is 1.08 bits per heavy atom. The minimum Gasteiger partial charge on any atom is -0.368 e. The number of fused-ring (bicyclic) bond motifs is 1. The number of nitrogens with zero attached hydrogens (tertiary/aromatic N) is 4. The lowest BCUT2D eigenvalue weighted by atomic mass is 10.1. The van der Waals surface area contributed by atoms with Crippen LogP contribution in [-0.2, 0) is 6.42 Å². The van der Waals surface area contributed by atoms with E-state index >= 15 is 0 Å². The molecule has 0 saturated carbocycles. The zero-order valence-corrected chi connectivity index (χ0v) is 14.8. The van der Waals surface area contributed by atoms with E-state index in [0.717, 1.165) is 25.0 Å². The number of aromatic amines is 1. The van der Waals surface area contributed by atoms with Crippen LogP contribution in [0.3, 0.4) is 0 Å². The van der Waals surface area contributed by atoms with Crippen LogP contribution in [0.15, 0.2) is 42.5 Å². The van der Waals surface area contributed by atoms with Gasteiger partial charge in [-0.1, -0.05) is 31.2 Å². The Hall–Kier alpha value is -3.09. The van der Waals surface area contributed by atoms with Crippen LogP contribution >= 0.6 is 0 Å². The molecule has 7 heteroatoms. The Labute approximate surface area is 152 Å². The van der Waals surface area contributed by atoms with E-state index in [1.54, 1.807) is 0 Å². The molecule has 0 unspecified atom stereocenters. The quantitative estimate of drug-likeness (QED) is 0.761. The van der Waals surface area contributed by atoms with Crippen LogP contribution in [-0.4, -0.2) is 52.5 Å². The van der Waals surface area contributed by atoms with Crippen molar-refractivity contribution >= 4 is 28.4 Å². The van der Waals surface area contributed by atoms with Crippen LogP contribution in [0.5, 0.6) is 0 Å². The van der Waals surface area contributed by atoms with Crippen LogP contribution in [0.25, 0.3) is 11.0 Å². The van der Waals surface area contributed by atoms with E-state index < -0.39 is 0 Å². The zero-order chi connectivity index (χ0) is 17.9. The van der Waals surface area contributed by atoms with E-state index in [-0.39, 0.29) is 6.03 Å². The van der Waals surface area contributed by atoms with Crippen LogP contribution < -0.4 is 10.2 Å². The van der Waals surface area contributed by atoms with Gasteiger partial charge in [0.15, 0.2) is 0 Å². The van der Waals surface area contributed by atoms with Gasteiger partial charge in [0.1, 0.15) is 11.0 Å². The van der Waals surface area contributed by atoms with Gasteiger partial charge in [0, 0.05) is 31.9 Å². The molecule has 2 N–H and O–H groups in total. The molecule has 1 aliphatic rings. The predicted molar refractivity (Wildman–Crippen MR) is 103 cm³/mol. The van der Waals surface area contributed by atoms with Crippen molar-refractivity contribution in [1.82, 2.24) is 20.3 Å². The number of aromatic nitrogens is 3. The maximum Gasteiger partial charge on any atom is 0.322 e. The third kappa shape index (κ3) is 3.08. The molecule has 3 aromatic rings. The number of hydrogen-bond acceptors (Lipinski definition) is 4. The zero-order valence-electron chi connectivity index (χ0n) is 14.8. The highest BCUT2D eigenvalue weighted by Gasteiger charge is 2.23. The van der Waals surface area contributed by atoms with E-state index in [9.17, 15) is 4.79 Å². The van der Waals surface area contributed by atoms with E-state index in [1.807, 2.05) is 23.1 Å². The van der Waals surface area contributed by atoms with Crippen molar-refractivity contribution < 1.29 is 4.79 Å². The Kier molecular flexibility index (Phi) is 4.43. The number of carbonyl (C=O) groups excluding carboxylic acids is 1. The molecule has 2 heterocycles. The van der Waals surface area contributed by atoms with Crippen LogP contribution in [0.4, 0.5) is 16.2 Å². The van der Waals surface area contributed by atoms with Gasteiger partial charge in [0.05, 0.1) is 5.69 Å². The van der Waals surface area contributed by atoms with Crippen molar-refractivity contribution in [3.63, 3.8) is 0 Å². The molecule has 1 fully saturated rings. The minimum atomic E-state index is -0.0936. The summed E-state index contributed by atoms with van der Waals surface area (Å²) < 4.78 is 0. The summed E-state index contributed by atoms with van der Waals surface area (Å²) >= 11 is 0. The lowest BCUT2D eigenvalue weighted by Gasteiger charge is -2.37. The number of amides is 2. The highest BCUT2D eigenvalue weighted by Crippen LogP contribution is 2.23. The predicted octanol–water partition coefficient (Wildman–Crippen LogP) is 2.87. The summed E-state index contributed by atoms with van der Waals surface area (Å²) in [6.45, 7) is 5.22. The molecule has 2 amide bonds. The van der Waals surface area contributed by atoms with Crippen LogP contribution in [0.1, 0.15) is 12.5 Å². The number of aryl methyl sites for hydroxylation is 1. The van der Waals surface area contributed by atoms with Crippen molar-refractivity contribution in [2.45, 2.75) is 13.3 Å². The molecule has 0 spiro atoms. The maximum atomic E-state index is 12.6. The number of urea groups is 1. The average molecular weight is 350 g/mol. The third-order valence-electron chi connectivity index (χ3n) is 4.87. The molecule has 0 radical (unpaired) electrons. The molecule has 2 aromatic carbocycles. The number of anilines is 2. The fourth-order valence-corrected chi connectivity index (χ4v) is 3.43. The first-order valence-electron chi connectivity index (χ1n) is 8.94. The standard InChI is InChI=1S/C19H22N6O/c1-2-14-6-3-4-9-17(14)24-10-12-25(13-11-24)19(26)20-15-7-5-8-16-18(15)22-23-21-16/h3-9H,2,10-13H2,1H3,(H,20,26)(H,21,22,23). The molecule has 1 aromatic heterocycles.